The number of carbonyl (C=O) groups is 2. The summed E-state index contributed by atoms with van der Waals surface area (Å²) in [5.74, 6) is -2.07. The van der Waals surface area contributed by atoms with Crippen LogP contribution in [0.4, 0.5) is 0 Å². The minimum absolute atomic E-state index is 0.0346. The fourth-order valence-electron chi connectivity index (χ4n) is 4.19. The van der Waals surface area contributed by atoms with Crippen LogP contribution in [0.25, 0.3) is 0 Å². The van der Waals surface area contributed by atoms with Gasteiger partial charge in [0.15, 0.2) is 0 Å². The molecular formula is C19H24N6O4. The molecule has 0 radical (unpaired) electrons. The first-order valence-electron chi connectivity index (χ1n) is 9.48. The molecule has 2 fully saturated rings. The van der Waals surface area contributed by atoms with Crippen molar-refractivity contribution >= 4 is 17.8 Å². The van der Waals surface area contributed by atoms with E-state index in [1.807, 2.05) is 23.7 Å². The lowest BCUT2D eigenvalue weighted by Crippen LogP contribution is -2.55. The molecule has 3 atom stereocenters. The van der Waals surface area contributed by atoms with E-state index in [0.717, 1.165) is 6.42 Å². The van der Waals surface area contributed by atoms with Gasteiger partial charge in [-0.2, -0.15) is 5.26 Å². The Balaban J connectivity index is 1.72. The second-order valence-corrected chi connectivity index (χ2v) is 7.25. The van der Waals surface area contributed by atoms with Gasteiger partial charge in [-0.15, -0.1) is 4.99 Å². The number of aliphatic imine (C=N–C) groups is 1. The molecule has 10 heteroatoms. The number of hydrogen-bond acceptors (Lipinski definition) is 6. The molecule has 1 aromatic carbocycles. The van der Waals surface area contributed by atoms with E-state index >= 15 is 0 Å². The predicted octanol–water partition coefficient (Wildman–Crippen LogP) is 0.262. The maximum absolute atomic E-state index is 13.2. The molecule has 10 nitrogen and oxygen atoms in total. The average Bonchev–Trinajstić information content (AvgIpc) is 3.27. The van der Waals surface area contributed by atoms with Gasteiger partial charge in [0.25, 0.3) is 0 Å². The number of nitrogens with one attached hydrogen (secondary N) is 2. The minimum Gasteiger partial charge on any atom is -0.342 e. The number of hydroxylamine groups is 2. The number of benzene rings is 1. The fourth-order valence-corrected chi connectivity index (χ4v) is 4.19. The van der Waals surface area contributed by atoms with Gasteiger partial charge in [-0.3, -0.25) is 20.0 Å². The van der Waals surface area contributed by atoms with Crippen molar-refractivity contribution in [3.63, 3.8) is 0 Å². The van der Waals surface area contributed by atoms with Gasteiger partial charge >= 0.3 is 0 Å². The molecular weight excluding hydrogens is 376 g/mol. The summed E-state index contributed by atoms with van der Waals surface area (Å²) in [7, 11) is 0. The molecule has 0 unspecified atom stereocenters. The zero-order valence-electron chi connectivity index (χ0n) is 15.9. The molecule has 29 heavy (non-hydrogen) atoms. The van der Waals surface area contributed by atoms with Crippen LogP contribution in [0, 0.1) is 23.3 Å². The van der Waals surface area contributed by atoms with Crippen molar-refractivity contribution in [2.45, 2.75) is 18.8 Å². The summed E-state index contributed by atoms with van der Waals surface area (Å²) in [6.45, 7) is 1.57. The highest BCUT2D eigenvalue weighted by Crippen LogP contribution is 2.32. The number of piperidine rings is 1. The molecule has 154 valence electrons. The first kappa shape index (κ1) is 20.6. The van der Waals surface area contributed by atoms with E-state index in [1.165, 1.54) is 10.5 Å². The summed E-state index contributed by atoms with van der Waals surface area (Å²) in [5, 5.41) is 27.0. The summed E-state index contributed by atoms with van der Waals surface area (Å²) in [5.41, 5.74) is 4.66. The van der Waals surface area contributed by atoms with Crippen LogP contribution in [0.2, 0.25) is 0 Å². The van der Waals surface area contributed by atoms with Gasteiger partial charge in [-0.05, 0) is 18.4 Å². The highest BCUT2D eigenvalue weighted by molar-refractivity contribution is 5.89. The zero-order valence-corrected chi connectivity index (χ0v) is 15.9. The lowest BCUT2D eigenvalue weighted by molar-refractivity contribution is -0.147. The third kappa shape index (κ3) is 4.47. The van der Waals surface area contributed by atoms with E-state index in [2.05, 4.69) is 17.1 Å². The maximum atomic E-state index is 13.2. The van der Waals surface area contributed by atoms with E-state index in [4.69, 9.17) is 10.5 Å². The number of nitrogens with zero attached hydrogens (tertiary/aromatic N) is 4. The van der Waals surface area contributed by atoms with Gasteiger partial charge in [0, 0.05) is 32.1 Å². The summed E-state index contributed by atoms with van der Waals surface area (Å²) >= 11 is 0. The standard InChI is InChI=1S/C19H24N6O4/c20-12-21-19(23-29)25-9-7-15(16(11-25)17(26)22-28)18(27)24-8-6-14(10-24)13-4-2-1-3-5-13/h1-5,14-16,28-29H,6-11H2,(H,21,23)(H,22,26)/t14-,15-,16-/m0/s1. The number of rotatable bonds is 3. The largest absolute Gasteiger partial charge is 0.342 e. The van der Waals surface area contributed by atoms with Crippen molar-refractivity contribution in [3.8, 4) is 6.19 Å². The number of amides is 2. The highest BCUT2D eigenvalue weighted by Gasteiger charge is 2.42. The smallest absolute Gasteiger partial charge is 0.249 e. The molecule has 3 rings (SSSR count). The van der Waals surface area contributed by atoms with Crippen molar-refractivity contribution < 1.29 is 20.0 Å². The van der Waals surface area contributed by atoms with Crippen LogP contribution in [0.5, 0.6) is 0 Å². The Hall–Kier alpha value is -3.16. The molecule has 2 aliphatic rings. The Labute approximate surface area is 168 Å². The van der Waals surface area contributed by atoms with Crippen LogP contribution >= 0.6 is 0 Å². The molecule has 0 aliphatic carbocycles. The molecule has 2 amide bonds. The average molecular weight is 400 g/mol. The second kappa shape index (κ2) is 9.36. The monoisotopic (exact) mass is 400 g/mol. The molecule has 0 bridgehead atoms. The minimum atomic E-state index is -0.839. The van der Waals surface area contributed by atoms with Crippen LogP contribution in [0.15, 0.2) is 35.3 Å². The molecule has 0 aromatic heterocycles. The molecule has 0 spiro atoms. The van der Waals surface area contributed by atoms with Crippen LogP contribution < -0.4 is 11.0 Å². The molecule has 1 aromatic rings. The first-order valence-corrected chi connectivity index (χ1v) is 9.48. The number of carbonyl (C=O) groups excluding carboxylic acids is 2. The number of hydrogen-bond donors (Lipinski definition) is 4. The molecule has 2 saturated heterocycles. The molecule has 4 N–H and O–H groups in total. The number of likely N-dealkylation sites (tertiary alicyclic amines) is 2. The van der Waals surface area contributed by atoms with Crippen LogP contribution in [0.1, 0.15) is 24.3 Å². The van der Waals surface area contributed by atoms with Crippen molar-refractivity contribution in [1.82, 2.24) is 20.8 Å². The molecule has 0 saturated carbocycles. The van der Waals surface area contributed by atoms with E-state index in [0.29, 0.717) is 26.1 Å². The van der Waals surface area contributed by atoms with Gasteiger partial charge in [0.05, 0.1) is 11.8 Å². The summed E-state index contributed by atoms with van der Waals surface area (Å²) in [6, 6.07) is 10.0. The van der Waals surface area contributed by atoms with Crippen molar-refractivity contribution in [3.05, 3.63) is 35.9 Å². The Morgan fingerprint density at radius 3 is 2.41 bits per heavy atom. The van der Waals surface area contributed by atoms with E-state index < -0.39 is 17.7 Å². The fraction of sp³-hybridized carbons (Fsp3) is 0.474. The second-order valence-electron chi connectivity index (χ2n) is 7.25. The summed E-state index contributed by atoms with van der Waals surface area (Å²) < 4.78 is 0. The SMILES string of the molecule is N#C/N=C(\NO)N1CC[C@H](C(=O)N2CC[C@H](c3ccccc3)C2)[C@@H](C(=O)NO)C1. The predicted molar refractivity (Wildman–Crippen MR) is 101 cm³/mol. The van der Waals surface area contributed by atoms with Crippen LogP contribution in [-0.2, 0) is 9.59 Å². The van der Waals surface area contributed by atoms with Gasteiger partial charge in [0.2, 0.25) is 24.0 Å². The van der Waals surface area contributed by atoms with Gasteiger partial charge in [0.1, 0.15) is 0 Å². The summed E-state index contributed by atoms with van der Waals surface area (Å²) in [4.78, 5) is 32.2. The lowest BCUT2D eigenvalue weighted by atomic mass is 9.83. The van der Waals surface area contributed by atoms with Gasteiger partial charge < -0.3 is 9.80 Å². The van der Waals surface area contributed by atoms with Crippen LogP contribution in [-0.4, -0.2) is 64.2 Å². The quantitative estimate of drug-likeness (QED) is 0.187. The Morgan fingerprint density at radius 2 is 1.76 bits per heavy atom. The third-order valence-corrected chi connectivity index (χ3v) is 5.70. The number of nitriles is 1. The Kier molecular flexibility index (Phi) is 6.64. The highest BCUT2D eigenvalue weighted by atomic mass is 16.5. The molecule has 2 aliphatic heterocycles. The van der Waals surface area contributed by atoms with Crippen molar-refractivity contribution in [1.29, 1.82) is 5.26 Å². The van der Waals surface area contributed by atoms with Crippen LogP contribution in [0.3, 0.4) is 0 Å². The van der Waals surface area contributed by atoms with E-state index in [-0.39, 0.29) is 24.3 Å². The Morgan fingerprint density at radius 1 is 1.03 bits per heavy atom. The number of guanidine groups is 1. The maximum Gasteiger partial charge on any atom is 0.249 e. The van der Waals surface area contributed by atoms with Crippen molar-refractivity contribution in [2.24, 2.45) is 16.8 Å². The van der Waals surface area contributed by atoms with E-state index in [1.54, 1.807) is 16.6 Å². The van der Waals surface area contributed by atoms with Gasteiger partial charge in [-0.25, -0.2) is 11.0 Å². The third-order valence-electron chi connectivity index (χ3n) is 5.70. The Bertz CT molecular complexity index is 809. The van der Waals surface area contributed by atoms with Crippen molar-refractivity contribution in [2.75, 3.05) is 26.2 Å². The first-order chi connectivity index (χ1) is 14.1. The molecule has 2 heterocycles. The zero-order chi connectivity index (χ0) is 20.8. The van der Waals surface area contributed by atoms with Gasteiger partial charge in [-0.1, -0.05) is 30.3 Å². The normalized spacial score (nSPS) is 24.7. The topological polar surface area (TPSA) is 141 Å². The lowest BCUT2D eigenvalue weighted by Gasteiger charge is -2.38. The summed E-state index contributed by atoms with van der Waals surface area (Å²) in [6.07, 6.45) is 2.76. The van der Waals surface area contributed by atoms with E-state index in [9.17, 15) is 14.8 Å².